The van der Waals surface area contributed by atoms with Crippen molar-refractivity contribution in [3.8, 4) is 0 Å². The van der Waals surface area contributed by atoms with Gasteiger partial charge in [0.2, 0.25) is 0 Å². The van der Waals surface area contributed by atoms with Crippen LogP contribution in [0.3, 0.4) is 0 Å². The van der Waals surface area contributed by atoms with Crippen LogP contribution in [-0.2, 0) is 6.18 Å². The van der Waals surface area contributed by atoms with Gasteiger partial charge in [-0.3, -0.25) is 0 Å². The van der Waals surface area contributed by atoms with Crippen LogP contribution >= 0.6 is 0 Å². The third-order valence-electron chi connectivity index (χ3n) is 3.84. The Morgan fingerprint density at radius 3 is 2.00 bits per heavy atom. The minimum atomic E-state index is -4.30. The molecule has 126 valence electrons. The molecule has 1 heterocycles. The van der Waals surface area contributed by atoms with Crippen LogP contribution in [0.25, 0.3) is 0 Å². The number of hydrogen-bond donors (Lipinski definition) is 0. The predicted octanol–water partition coefficient (Wildman–Crippen LogP) is 4.61. The fraction of sp³-hybridized carbons (Fsp3) is 0.647. The number of benzene rings is 1. The van der Waals surface area contributed by atoms with Gasteiger partial charge in [0.15, 0.2) is 0 Å². The third kappa shape index (κ3) is 4.63. The summed E-state index contributed by atoms with van der Waals surface area (Å²) < 4.78 is 39.9. The molecule has 1 saturated heterocycles. The van der Waals surface area contributed by atoms with E-state index >= 15 is 0 Å². The standard InChI is InChI=1S/C15H21F3N2.C2H6/c1-11(2)12-4-5-14(13(10-12)15(16,17)18)20-8-6-19(3)7-9-20;1-2/h4-5,10-11H,6-9H2,1-3H3;1-2H3. The molecule has 1 aliphatic rings. The van der Waals surface area contributed by atoms with E-state index in [0.29, 0.717) is 18.8 Å². The van der Waals surface area contributed by atoms with Crippen molar-refractivity contribution < 1.29 is 13.2 Å². The zero-order valence-electron chi connectivity index (χ0n) is 14.2. The lowest BCUT2D eigenvalue weighted by Crippen LogP contribution is -2.45. The zero-order chi connectivity index (χ0) is 16.9. The fourth-order valence-corrected chi connectivity index (χ4v) is 2.46. The van der Waals surface area contributed by atoms with Gasteiger partial charge in [-0.15, -0.1) is 0 Å². The normalized spacial score (nSPS) is 16.5. The molecule has 1 aliphatic heterocycles. The van der Waals surface area contributed by atoms with E-state index in [4.69, 9.17) is 0 Å². The van der Waals surface area contributed by atoms with Crippen molar-refractivity contribution >= 4 is 5.69 Å². The van der Waals surface area contributed by atoms with E-state index in [1.165, 1.54) is 6.07 Å². The maximum absolute atomic E-state index is 13.3. The summed E-state index contributed by atoms with van der Waals surface area (Å²) in [6.45, 7) is 10.7. The molecule has 1 aromatic carbocycles. The second kappa shape index (κ2) is 7.86. The van der Waals surface area contributed by atoms with Gasteiger partial charge in [0.1, 0.15) is 0 Å². The first-order chi connectivity index (χ1) is 10.3. The molecule has 0 aliphatic carbocycles. The number of nitrogens with zero attached hydrogens (tertiary/aromatic N) is 2. The molecular weight excluding hydrogens is 289 g/mol. The molecule has 2 nitrogen and oxygen atoms in total. The lowest BCUT2D eigenvalue weighted by atomic mass is 9.98. The van der Waals surface area contributed by atoms with Crippen molar-refractivity contribution in [3.63, 3.8) is 0 Å². The first-order valence-electron chi connectivity index (χ1n) is 7.93. The summed E-state index contributed by atoms with van der Waals surface area (Å²) in [7, 11) is 1.99. The SMILES string of the molecule is CC.CC(C)c1ccc(N2CCN(C)CC2)c(C(F)(F)F)c1. The van der Waals surface area contributed by atoms with E-state index in [9.17, 15) is 13.2 Å². The van der Waals surface area contributed by atoms with Gasteiger partial charge in [-0.2, -0.15) is 13.2 Å². The average molecular weight is 316 g/mol. The monoisotopic (exact) mass is 316 g/mol. The average Bonchev–Trinajstić information content (AvgIpc) is 2.48. The van der Waals surface area contributed by atoms with Crippen LogP contribution < -0.4 is 4.90 Å². The number of alkyl halides is 3. The number of anilines is 1. The molecule has 0 spiro atoms. The minimum Gasteiger partial charge on any atom is -0.368 e. The van der Waals surface area contributed by atoms with Crippen LogP contribution in [-0.4, -0.2) is 38.1 Å². The first kappa shape index (κ1) is 18.8. The summed E-state index contributed by atoms with van der Waals surface area (Å²) in [5.41, 5.74) is 0.540. The molecule has 0 saturated carbocycles. The second-order valence-corrected chi connectivity index (χ2v) is 5.72. The molecule has 0 bridgehead atoms. The largest absolute Gasteiger partial charge is 0.418 e. The van der Waals surface area contributed by atoms with E-state index in [2.05, 4.69) is 4.90 Å². The first-order valence-corrected chi connectivity index (χ1v) is 7.93. The van der Waals surface area contributed by atoms with Gasteiger partial charge in [-0.25, -0.2) is 0 Å². The summed E-state index contributed by atoms with van der Waals surface area (Å²) in [6, 6.07) is 4.75. The highest BCUT2D eigenvalue weighted by atomic mass is 19.4. The highest BCUT2D eigenvalue weighted by Gasteiger charge is 2.35. The van der Waals surface area contributed by atoms with E-state index < -0.39 is 11.7 Å². The summed E-state index contributed by atoms with van der Waals surface area (Å²) in [5.74, 6) is 0.0950. The number of halogens is 3. The smallest absolute Gasteiger partial charge is 0.368 e. The third-order valence-corrected chi connectivity index (χ3v) is 3.84. The predicted molar refractivity (Wildman–Crippen MR) is 86.6 cm³/mol. The van der Waals surface area contributed by atoms with E-state index in [0.717, 1.165) is 18.7 Å². The van der Waals surface area contributed by atoms with Gasteiger partial charge in [0.05, 0.1) is 5.56 Å². The quantitative estimate of drug-likeness (QED) is 0.786. The van der Waals surface area contributed by atoms with Crippen LogP contribution in [0.1, 0.15) is 44.7 Å². The lowest BCUT2D eigenvalue weighted by molar-refractivity contribution is -0.137. The lowest BCUT2D eigenvalue weighted by Gasteiger charge is -2.35. The van der Waals surface area contributed by atoms with Gasteiger partial charge in [0.25, 0.3) is 0 Å². The Balaban J connectivity index is 0.00000116. The van der Waals surface area contributed by atoms with Gasteiger partial charge >= 0.3 is 6.18 Å². The Morgan fingerprint density at radius 1 is 1.00 bits per heavy atom. The minimum absolute atomic E-state index is 0.0950. The van der Waals surface area contributed by atoms with Gasteiger partial charge < -0.3 is 9.80 Å². The van der Waals surface area contributed by atoms with Gasteiger partial charge in [-0.05, 0) is 30.7 Å². The number of likely N-dealkylation sites (N-methyl/N-ethyl adjacent to an activating group) is 1. The van der Waals surface area contributed by atoms with E-state index in [1.807, 2.05) is 45.7 Å². The van der Waals surface area contributed by atoms with Gasteiger partial charge in [-0.1, -0.05) is 33.8 Å². The number of piperazine rings is 1. The molecule has 2 rings (SSSR count). The molecular formula is C17H27F3N2. The van der Waals surface area contributed by atoms with Crippen molar-refractivity contribution in [3.05, 3.63) is 29.3 Å². The molecule has 0 amide bonds. The zero-order valence-corrected chi connectivity index (χ0v) is 14.2. The van der Waals surface area contributed by atoms with E-state index in [1.54, 1.807) is 6.07 Å². The summed E-state index contributed by atoms with van der Waals surface area (Å²) in [6.07, 6.45) is -4.30. The Bertz CT molecular complexity index is 461. The van der Waals surface area contributed by atoms with E-state index in [-0.39, 0.29) is 5.92 Å². The Hall–Kier alpha value is -1.23. The summed E-state index contributed by atoms with van der Waals surface area (Å²) >= 11 is 0. The van der Waals surface area contributed by atoms with Crippen LogP contribution in [0.15, 0.2) is 18.2 Å². The molecule has 0 radical (unpaired) electrons. The molecule has 0 atom stereocenters. The molecule has 22 heavy (non-hydrogen) atoms. The highest BCUT2D eigenvalue weighted by Crippen LogP contribution is 2.38. The molecule has 0 N–H and O–H groups in total. The van der Waals surface area contributed by atoms with Crippen LogP contribution in [0.2, 0.25) is 0 Å². The number of rotatable bonds is 2. The van der Waals surface area contributed by atoms with Crippen LogP contribution in [0.4, 0.5) is 18.9 Å². The molecule has 0 aromatic heterocycles. The van der Waals surface area contributed by atoms with Crippen molar-refractivity contribution in [2.24, 2.45) is 0 Å². The summed E-state index contributed by atoms with van der Waals surface area (Å²) in [4.78, 5) is 3.97. The fourth-order valence-electron chi connectivity index (χ4n) is 2.46. The van der Waals surface area contributed by atoms with Crippen LogP contribution in [0, 0.1) is 0 Å². The van der Waals surface area contributed by atoms with Crippen molar-refractivity contribution in [2.75, 3.05) is 38.1 Å². The summed E-state index contributed by atoms with van der Waals surface area (Å²) in [5, 5.41) is 0. The second-order valence-electron chi connectivity index (χ2n) is 5.72. The maximum atomic E-state index is 13.3. The topological polar surface area (TPSA) is 6.48 Å². The Labute approximate surface area is 131 Å². The molecule has 5 heteroatoms. The Kier molecular flexibility index (Phi) is 6.72. The molecule has 1 fully saturated rings. The maximum Gasteiger partial charge on any atom is 0.418 e. The Morgan fingerprint density at radius 2 is 1.55 bits per heavy atom. The van der Waals surface area contributed by atoms with Gasteiger partial charge in [0, 0.05) is 31.9 Å². The number of hydrogen-bond acceptors (Lipinski definition) is 2. The van der Waals surface area contributed by atoms with Crippen LogP contribution in [0.5, 0.6) is 0 Å². The highest BCUT2D eigenvalue weighted by molar-refractivity contribution is 5.57. The van der Waals surface area contributed by atoms with Crippen molar-refractivity contribution in [1.29, 1.82) is 0 Å². The molecule has 0 unspecified atom stereocenters. The van der Waals surface area contributed by atoms with Crippen molar-refractivity contribution in [2.45, 2.75) is 39.8 Å². The molecule has 1 aromatic rings. The van der Waals surface area contributed by atoms with Crippen molar-refractivity contribution in [1.82, 2.24) is 4.90 Å².